The van der Waals surface area contributed by atoms with Crippen LogP contribution in [0.25, 0.3) is 0 Å². The molecule has 0 amide bonds. The summed E-state index contributed by atoms with van der Waals surface area (Å²) in [6.07, 6.45) is 3.79. The molecule has 0 rings (SSSR count). The summed E-state index contributed by atoms with van der Waals surface area (Å²) >= 11 is 0. The van der Waals surface area contributed by atoms with E-state index in [0.717, 1.165) is 6.42 Å². The maximum absolute atomic E-state index is 10.6. The van der Waals surface area contributed by atoms with Crippen molar-refractivity contribution in [2.24, 2.45) is 0 Å². The summed E-state index contributed by atoms with van der Waals surface area (Å²) in [5.41, 5.74) is 0.476. The summed E-state index contributed by atoms with van der Waals surface area (Å²) in [6, 6.07) is 0. The highest BCUT2D eigenvalue weighted by Gasteiger charge is 2.02. The van der Waals surface area contributed by atoms with Crippen molar-refractivity contribution in [3.63, 3.8) is 0 Å². The Hall–Kier alpha value is -1.30. The average Bonchev–Trinajstić information content (AvgIpc) is 1.89. The quantitative estimate of drug-likeness (QED) is 0.330. The van der Waals surface area contributed by atoms with Gasteiger partial charge in [-0.3, -0.25) is 0 Å². The van der Waals surface area contributed by atoms with Gasteiger partial charge in [0.15, 0.2) is 0 Å². The van der Waals surface area contributed by atoms with Gasteiger partial charge in [-0.2, -0.15) is 0 Å². The molecule has 0 aromatic heterocycles. The molecule has 0 fully saturated rings. The zero-order valence-corrected chi connectivity index (χ0v) is 6.05. The molecule has 54 valence electrons. The Morgan fingerprint density at radius 3 is 2.80 bits per heavy atom. The van der Waals surface area contributed by atoms with E-state index < -0.39 is 5.97 Å². The number of nitrogens with zero attached hydrogens (tertiary/aromatic N) is 1. The van der Waals surface area contributed by atoms with E-state index in [4.69, 9.17) is 5.26 Å². The van der Waals surface area contributed by atoms with E-state index in [2.05, 4.69) is 4.74 Å². The molecule has 10 heavy (non-hydrogen) atoms. The molecule has 0 N–H and O–H groups in total. The summed E-state index contributed by atoms with van der Waals surface area (Å²) in [5.74, 6) is -0.565. The van der Waals surface area contributed by atoms with Crippen molar-refractivity contribution in [3.8, 4) is 6.26 Å². The van der Waals surface area contributed by atoms with E-state index >= 15 is 0 Å². The van der Waals surface area contributed by atoms with Crippen LogP contribution in [0.5, 0.6) is 0 Å². The van der Waals surface area contributed by atoms with Crippen molar-refractivity contribution in [2.75, 3.05) is 0 Å². The molecule has 0 radical (unpaired) electrons. The molecular weight excluding hydrogens is 130 g/mol. The Morgan fingerprint density at radius 1 is 1.80 bits per heavy atom. The van der Waals surface area contributed by atoms with Crippen LogP contribution in [-0.4, -0.2) is 5.97 Å². The molecule has 0 bridgehead atoms. The van der Waals surface area contributed by atoms with Crippen LogP contribution in [0.4, 0.5) is 0 Å². The molecule has 0 aliphatic heterocycles. The van der Waals surface area contributed by atoms with Crippen LogP contribution in [0.2, 0.25) is 0 Å². The molecule has 0 saturated carbocycles. The van der Waals surface area contributed by atoms with Gasteiger partial charge in [0.25, 0.3) is 6.26 Å². The Morgan fingerprint density at radius 2 is 2.40 bits per heavy atom. The summed E-state index contributed by atoms with van der Waals surface area (Å²) in [7, 11) is 0. The van der Waals surface area contributed by atoms with Crippen molar-refractivity contribution in [1.29, 1.82) is 5.26 Å². The van der Waals surface area contributed by atoms with E-state index in [-0.39, 0.29) is 0 Å². The third-order valence-electron chi connectivity index (χ3n) is 0.971. The highest BCUT2D eigenvalue weighted by Crippen LogP contribution is 1.96. The lowest BCUT2D eigenvalue weighted by molar-refractivity contribution is -0.132. The van der Waals surface area contributed by atoms with E-state index in [1.807, 2.05) is 6.92 Å². The lowest BCUT2D eigenvalue weighted by Crippen LogP contribution is -2.00. The largest absolute Gasteiger partial charge is 0.348 e. The SMILES string of the molecule is CCC=C(C)C(=O)OC#N. The fraction of sp³-hybridized carbons (Fsp3) is 0.429. The number of allylic oxidation sites excluding steroid dienone is 1. The fourth-order valence-electron chi connectivity index (χ4n) is 0.511. The van der Waals surface area contributed by atoms with Gasteiger partial charge in [0, 0.05) is 5.57 Å². The molecule has 0 atom stereocenters. The fourth-order valence-corrected chi connectivity index (χ4v) is 0.511. The molecule has 0 aromatic carbocycles. The summed E-state index contributed by atoms with van der Waals surface area (Å²) in [5, 5.41) is 7.93. The molecule has 0 saturated heterocycles. The third kappa shape index (κ3) is 2.88. The predicted molar refractivity (Wildman–Crippen MR) is 35.8 cm³/mol. The summed E-state index contributed by atoms with van der Waals surface area (Å²) in [6.45, 7) is 3.52. The van der Waals surface area contributed by atoms with E-state index in [9.17, 15) is 4.79 Å². The zero-order chi connectivity index (χ0) is 7.98. The number of hydrogen-bond donors (Lipinski definition) is 0. The standard InChI is InChI=1S/C7H9NO2/c1-3-4-6(2)7(9)10-5-8/h4H,3H2,1-2H3. The summed E-state index contributed by atoms with van der Waals surface area (Å²) < 4.78 is 4.05. The van der Waals surface area contributed by atoms with Gasteiger partial charge in [0.1, 0.15) is 0 Å². The molecule has 0 aliphatic carbocycles. The number of rotatable bonds is 2. The van der Waals surface area contributed by atoms with Crippen LogP contribution in [0, 0.1) is 11.5 Å². The molecule has 0 unspecified atom stereocenters. The van der Waals surface area contributed by atoms with Gasteiger partial charge in [0.2, 0.25) is 0 Å². The lowest BCUT2D eigenvalue weighted by atomic mass is 10.2. The second-order valence-corrected chi connectivity index (χ2v) is 1.78. The zero-order valence-electron chi connectivity index (χ0n) is 6.05. The van der Waals surface area contributed by atoms with Crippen LogP contribution in [0.3, 0.4) is 0 Å². The molecule has 3 heteroatoms. The van der Waals surface area contributed by atoms with Crippen LogP contribution in [0.1, 0.15) is 20.3 Å². The van der Waals surface area contributed by atoms with E-state index in [1.54, 1.807) is 13.0 Å². The van der Waals surface area contributed by atoms with Crippen molar-refractivity contribution < 1.29 is 9.53 Å². The minimum atomic E-state index is -0.565. The first-order chi connectivity index (χ1) is 4.72. The van der Waals surface area contributed by atoms with Crippen LogP contribution in [-0.2, 0) is 9.53 Å². The summed E-state index contributed by atoms with van der Waals surface area (Å²) in [4.78, 5) is 10.6. The van der Waals surface area contributed by atoms with Crippen molar-refractivity contribution in [3.05, 3.63) is 11.6 Å². The van der Waals surface area contributed by atoms with Gasteiger partial charge in [-0.05, 0) is 13.3 Å². The maximum Gasteiger partial charge on any atom is 0.348 e. The Balaban J connectivity index is 3.97. The van der Waals surface area contributed by atoms with E-state index in [1.165, 1.54) is 6.26 Å². The van der Waals surface area contributed by atoms with Gasteiger partial charge in [-0.1, -0.05) is 13.0 Å². The number of hydrogen-bond acceptors (Lipinski definition) is 3. The average molecular weight is 139 g/mol. The van der Waals surface area contributed by atoms with Gasteiger partial charge < -0.3 is 4.74 Å². The Kier molecular flexibility index (Phi) is 3.97. The topological polar surface area (TPSA) is 50.1 Å². The molecule has 0 spiro atoms. The van der Waals surface area contributed by atoms with Crippen LogP contribution >= 0.6 is 0 Å². The Labute approximate surface area is 59.9 Å². The Bertz CT molecular complexity index is 188. The lowest BCUT2D eigenvalue weighted by Gasteiger charge is -1.92. The van der Waals surface area contributed by atoms with Crippen molar-refractivity contribution in [2.45, 2.75) is 20.3 Å². The predicted octanol–water partition coefficient (Wildman–Crippen LogP) is 1.37. The number of carbonyl (C=O) groups is 1. The van der Waals surface area contributed by atoms with Crippen LogP contribution in [0.15, 0.2) is 11.6 Å². The first-order valence-corrected chi connectivity index (χ1v) is 2.99. The number of esters is 1. The van der Waals surface area contributed by atoms with Crippen LogP contribution < -0.4 is 0 Å². The maximum atomic E-state index is 10.6. The number of nitriles is 1. The number of ether oxygens (including phenoxy) is 1. The highest BCUT2D eigenvalue weighted by molar-refractivity contribution is 5.88. The van der Waals surface area contributed by atoms with Crippen molar-refractivity contribution >= 4 is 5.97 Å². The second kappa shape index (κ2) is 4.57. The third-order valence-corrected chi connectivity index (χ3v) is 0.971. The molecule has 0 aliphatic rings. The van der Waals surface area contributed by atoms with Crippen molar-refractivity contribution in [1.82, 2.24) is 0 Å². The van der Waals surface area contributed by atoms with Gasteiger partial charge >= 0.3 is 5.97 Å². The smallest absolute Gasteiger partial charge is 0.347 e. The first kappa shape index (κ1) is 8.70. The first-order valence-electron chi connectivity index (χ1n) is 2.99. The molecule has 0 aromatic rings. The highest BCUT2D eigenvalue weighted by atomic mass is 16.5. The second-order valence-electron chi connectivity index (χ2n) is 1.78. The van der Waals surface area contributed by atoms with Gasteiger partial charge in [-0.15, -0.1) is 5.26 Å². The van der Waals surface area contributed by atoms with Gasteiger partial charge in [0.05, 0.1) is 0 Å². The molecule has 0 heterocycles. The minimum Gasteiger partial charge on any atom is -0.347 e. The molecule has 3 nitrogen and oxygen atoms in total. The number of carbonyl (C=O) groups excluding carboxylic acids is 1. The van der Waals surface area contributed by atoms with E-state index in [0.29, 0.717) is 5.57 Å². The van der Waals surface area contributed by atoms with Gasteiger partial charge in [-0.25, -0.2) is 4.79 Å². The monoisotopic (exact) mass is 139 g/mol. The minimum absolute atomic E-state index is 0.476. The molecular formula is C7H9NO2. The normalized spacial score (nSPS) is 10.3.